The number of carbonyl (C=O) groups is 2. The fraction of sp³-hybridized carbons (Fsp3) is 0.548. The number of benzene rings is 1. The lowest BCUT2D eigenvalue weighted by atomic mass is 9.83. The van der Waals surface area contributed by atoms with E-state index in [1.54, 1.807) is 28.3 Å². The summed E-state index contributed by atoms with van der Waals surface area (Å²) in [5.74, 6) is -0.456. The molecule has 2 heterocycles. The third-order valence-corrected chi connectivity index (χ3v) is 8.12. The first-order valence-corrected chi connectivity index (χ1v) is 13.8. The van der Waals surface area contributed by atoms with Crippen molar-refractivity contribution in [2.75, 3.05) is 11.4 Å². The first-order chi connectivity index (χ1) is 18.0. The van der Waals surface area contributed by atoms with Crippen LogP contribution in [0, 0.1) is 16.9 Å². The summed E-state index contributed by atoms with van der Waals surface area (Å²) in [6.45, 7) is 11.0. The maximum atomic E-state index is 14.6. The number of hydrogen-bond acceptors (Lipinski definition) is 5. The van der Waals surface area contributed by atoms with Gasteiger partial charge in [0.2, 0.25) is 5.91 Å². The number of carbonyl (C=O) groups excluding carboxylic acids is 2. The second-order valence-electron chi connectivity index (χ2n) is 12.5. The molecule has 7 nitrogen and oxygen atoms in total. The normalized spacial score (nSPS) is 20.4. The molecule has 4 rings (SSSR count). The Kier molecular flexibility index (Phi) is 8.10. The van der Waals surface area contributed by atoms with Gasteiger partial charge in [-0.05, 0) is 53.9 Å². The summed E-state index contributed by atoms with van der Waals surface area (Å²) < 4.78 is 0. The molecule has 1 saturated heterocycles. The van der Waals surface area contributed by atoms with E-state index >= 15 is 0 Å². The lowest BCUT2D eigenvalue weighted by Gasteiger charge is -2.38. The highest BCUT2D eigenvalue weighted by atomic mass is 16.2. The maximum absolute atomic E-state index is 14.6. The summed E-state index contributed by atoms with van der Waals surface area (Å²) in [6.07, 6.45) is 11.5. The average Bonchev–Trinajstić information content (AvgIpc) is 3.21. The number of anilines is 1. The highest BCUT2D eigenvalue weighted by molar-refractivity contribution is 6.04. The number of hydrogen-bond donors (Lipinski definition) is 1. The fourth-order valence-electron chi connectivity index (χ4n) is 5.81. The number of aromatic nitrogens is 1. The predicted octanol–water partition coefficient (Wildman–Crippen LogP) is 5.48. The van der Waals surface area contributed by atoms with Gasteiger partial charge in [0.15, 0.2) is 6.19 Å². The van der Waals surface area contributed by atoms with E-state index in [2.05, 4.69) is 37.3 Å². The molecule has 7 heteroatoms. The van der Waals surface area contributed by atoms with Crippen molar-refractivity contribution in [2.45, 2.75) is 96.7 Å². The van der Waals surface area contributed by atoms with Crippen molar-refractivity contribution in [1.29, 1.82) is 5.26 Å². The SMILES string of the molecule is CC(C)(C)c1ccc(N(C(=O)[C@@H]2N(C#N)CCC2(C)C)C(C(=O)NC2CCCCC2)c2cccnc2)cc1. The van der Waals surface area contributed by atoms with E-state index in [9.17, 15) is 14.9 Å². The number of amides is 2. The van der Waals surface area contributed by atoms with E-state index in [1.807, 2.05) is 44.2 Å². The average molecular weight is 516 g/mol. The van der Waals surface area contributed by atoms with Crippen LogP contribution in [-0.4, -0.2) is 40.3 Å². The van der Waals surface area contributed by atoms with Gasteiger partial charge in [0.05, 0.1) is 0 Å². The Bertz CT molecular complexity index is 1160. The molecule has 1 aliphatic carbocycles. The van der Waals surface area contributed by atoms with Crippen molar-refractivity contribution >= 4 is 17.5 Å². The minimum Gasteiger partial charge on any atom is -0.351 e. The smallest absolute Gasteiger partial charge is 0.252 e. The largest absolute Gasteiger partial charge is 0.351 e. The van der Waals surface area contributed by atoms with E-state index in [1.165, 1.54) is 6.42 Å². The van der Waals surface area contributed by atoms with Gasteiger partial charge >= 0.3 is 0 Å². The van der Waals surface area contributed by atoms with Crippen LogP contribution >= 0.6 is 0 Å². The fourth-order valence-corrected chi connectivity index (χ4v) is 5.81. The molecule has 38 heavy (non-hydrogen) atoms. The van der Waals surface area contributed by atoms with Gasteiger partial charge in [0.25, 0.3) is 5.91 Å². The number of nitriles is 1. The van der Waals surface area contributed by atoms with Crippen LogP contribution in [0.25, 0.3) is 0 Å². The van der Waals surface area contributed by atoms with Gasteiger partial charge in [-0.15, -0.1) is 0 Å². The van der Waals surface area contributed by atoms with E-state index < -0.39 is 17.5 Å². The van der Waals surface area contributed by atoms with Crippen LogP contribution in [0.5, 0.6) is 0 Å². The van der Waals surface area contributed by atoms with E-state index in [-0.39, 0.29) is 23.3 Å². The molecule has 2 amide bonds. The third kappa shape index (κ3) is 5.85. The molecule has 1 N–H and O–H groups in total. The Balaban J connectivity index is 1.82. The first-order valence-electron chi connectivity index (χ1n) is 13.8. The molecule has 2 aliphatic rings. The quantitative estimate of drug-likeness (QED) is 0.514. The van der Waals surface area contributed by atoms with E-state index in [4.69, 9.17) is 0 Å². The molecule has 1 aromatic heterocycles. The van der Waals surface area contributed by atoms with Gasteiger partial charge in [-0.2, -0.15) is 5.26 Å². The summed E-state index contributed by atoms with van der Waals surface area (Å²) in [6, 6.07) is 10.1. The van der Waals surface area contributed by atoms with Crippen LogP contribution in [0.4, 0.5) is 5.69 Å². The number of nitrogens with one attached hydrogen (secondary N) is 1. The summed E-state index contributed by atoms with van der Waals surface area (Å²) in [4.78, 5) is 36.1. The van der Waals surface area contributed by atoms with Crippen LogP contribution in [0.3, 0.4) is 0 Å². The molecule has 2 atom stereocenters. The molecule has 0 bridgehead atoms. The minimum atomic E-state index is -0.907. The molecule has 0 spiro atoms. The summed E-state index contributed by atoms with van der Waals surface area (Å²) in [7, 11) is 0. The lowest BCUT2D eigenvalue weighted by Crippen LogP contribution is -2.54. The molecule has 1 aromatic carbocycles. The van der Waals surface area contributed by atoms with Crippen molar-refractivity contribution < 1.29 is 9.59 Å². The van der Waals surface area contributed by atoms with Crippen LogP contribution < -0.4 is 10.2 Å². The zero-order chi connectivity index (χ0) is 27.5. The Morgan fingerprint density at radius 2 is 1.82 bits per heavy atom. The van der Waals surface area contributed by atoms with Crippen molar-refractivity contribution in [1.82, 2.24) is 15.2 Å². The van der Waals surface area contributed by atoms with Crippen molar-refractivity contribution in [2.24, 2.45) is 5.41 Å². The second kappa shape index (κ2) is 11.1. The predicted molar refractivity (Wildman–Crippen MR) is 149 cm³/mol. The topological polar surface area (TPSA) is 89.3 Å². The molecular weight excluding hydrogens is 474 g/mol. The molecule has 1 saturated carbocycles. The van der Waals surface area contributed by atoms with Crippen LogP contribution in [0.15, 0.2) is 48.8 Å². The van der Waals surface area contributed by atoms with Crippen molar-refractivity contribution in [3.05, 3.63) is 59.9 Å². The molecule has 1 unspecified atom stereocenters. The Morgan fingerprint density at radius 3 is 2.39 bits per heavy atom. The zero-order valence-corrected chi connectivity index (χ0v) is 23.4. The molecule has 202 valence electrons. The monoisotopic (exact) mass is 515 g/mol. The van der Waals surface area contributed by atoms with E-state index in [0.29, 0.717) is 17.8 Å². The summed E-state index contributed by atoms with van der Waals surface area (Å²) >= 11 is 0. The lowest BCUT2D eigenvalue weighted by molar-refractivity contribution is -0.130. The highest BCUT2D eigenvalue weighted by Crippen LogP contribution is 2.40. The molecular formula is C31H41N5O2. The van der Waals surface area contributed by atoms with Gasteiger partial charge in [-0.3, -0.25) is 24.4 Å². The Hall–Kier alpha value is -3.40. The van der Waals surface area contributed by atoms with E-state index in [0.717, 1.165) is 37.7 Å². The van der Waals surface area contributed by atoms with Gasteiger partial charge in [0, 0.05) is 36.2 Å². The van der Waals surface area contributed by atoms with Gasteiger partial charge in [0.1, 0.15) is 12.1 Å². The van der Waals surface area contributed by atoms with Crippen LogP contribution in [0.1, 0.15) is 90.3 Å². The first kappa shape index (κ1) is 27.6. The zero-order valence-electron chi connectivity index (χ0n) is 23.4. The molecule has 2 aromatic rings. The number of pyridine rings is 1. The van der Waals surface area contributed by atoms with Gasteiger partial charge < -0.3 is 5.32 Å². The Morgan fingerprint density at radius 1 is 1.13 bits per heavy atom. The third-order valence-electron chi connectivity index (χ3n) is 8.12. The van der Waals surface area contributed by atoms with Crippen LogP contribution in [-0.2, 0) is 15.0 Å². The standard InChI is InChI=1S/C31H41N5O2/c1-30(2,3)23-13-15-25(16-14-23)36(29(38)27-31(4,5)17-19-35(27)21-32)26(22-10-9-18-33-20-22)28(37)34-24-11-7-6-8-12-24/h9-10,13-16,18,20,24,26-27H,6-8,11-12,17,19H2,1-5H3,(H,34,37)/t26?,27-/m0/s1. The minimum absolute atomic E-state index is 0.0560. The Labute approximate surface area is 227 Å². The maximum Gasteiger partial charge on any atom is 0.252 e. The van der Waals surface area contributed by atoms with Crippen LogP contribution in [0.2, 0.25) is 0 Å². The molecule has 0 radical (unpaired) electrons. The molecule has 2 fully saturated rings. The molecule has 1 aliphatic heterocycles. The highest BCUT2D eigenvalue weighted by Gasteiger charge is 2.49. The summed E-state index contributed by atoms with van der Waals surface area (Å²) in [5, 5.41) is 13.1. The van der Waals surface area contributed by atoms with Crippen molar-refractivity contribution in [3.63, 3.8) is 0 Å². The van der Waals surface area contributed by atoms with Gasteiger partial charge in [-0.25, -0.2) is 0 Å². The number of nitrogens with zero attached hydrogens (tertiary/aromatic N) is 4. The summed E-state index contributed by atoms with van der Waals surface area (Å²) in [5.41, 5.74) is 1.94. The number of likely N-dealkylation sites (tertiary alicyclic amines) is 1. The van der Waals surface area contributed by atoms with Crippen molar-refractivity contribution in [3.8, 4) is 6.19 Å². The number of rotatable bonds is 6. The second-order valence-corrected chi connectivity index (χ2v) is 12.5. The van der Waals surface area contributed by atoms with Gasteiger partial charge in [-0.1, -0.05) is 72.1 Å².